The molecule has 0 aromatic heterocycles. The smallest absolute Gasteiger partial charge is 0.414 e. The van der Waals surface area contributed by atoms with Gasteiger partial charge in [-0.2, -0.15) is 0 Å². The first-order valence-corrected chi connectivity index (χ1v) is 7.30. The van der Waals surface area contributed by atoms with Crippen molar-refractivity contribution in [2.75, 3.05) is 6.54 Å². The molecule has 0 radical (unpaired) electrons. The van der Waals surface area contributed by atoms with Gasteiger partial charge in [0.25, 0.3) is 0 Å². The van der Waals surface area contributed by atoms with Gasteiger partial charge in [0.2, 0.25) is 5.91 Å². The first-order valence-electron chi connectivity index (χ1n) is 7.30. The topological polar surface area (TPSA) is 58.6 Å². The van der Waals surface area contributed by atoms with Gasteiger partial charge in [0, 0.05) is 24.4 Å². The highest BCUT2D eigenvalue weighted by molar-refractivity contribution is 5.85. The van der Waals surface area contributed by atoms with Crippen molar-refractivity contribution in [3.05, 3.63) is 60.4 Å². The highest BCUT2D eigenvalue weighted by atomic mass is 16.6. The van der Waals surface area contributed by atoms with Gasteiger partial charge in [-0.25, -0.2) is 4.79 Å². The Morgan fingerprint density at radius 1 is 1.41 bits per heavy atom. The summed E-state index contributed by atoms with van der Waals surface area (Å²) in [6.07, 6.45) is 3.64. The van der Waals surface area contributed by atoms with Crippen LogP contribution in [0.15, 0.2) is 54.9 Å². The molecule has 2 atom stereocenters. The van der Waals surface area contributed by atoms with Crippen LogP contribution in [0.5, 0.6) is 0 Å². The third-order valence-corrected chi connectivity index (χ3v) is 4.04. The molecular formula is C17H18N2O3. The number of carbonyl (C=O) groups is 2. The van der Waals surface area contributed by atoms with Crippen molar-refractivity contribution in [3.63, 3.8) is 0 Å². The van der Waals surface area contributed by atoms with Gasteiger partial charge in [-0.15, -0.1) is 6.58 Å². The summed E-state index contributed by atoms with van der Waals surface area (Å²) in [5.74, 6) is -0.112. The number of amides is 2. The van der Waals surface area contributed by atoms with Gasteiger partial charge in [0.05, 0.1) is 5.92 Å². The van der Waals surface area contributed by atoms with Gasteiger partial charge < -0.3 is 10.1 Å². The number of benzene rings is 1. The quantitative estimate of drug-likeness (QED) is 0.868. The molecule has 1 N–H and O–H groups in total. The number of carbonyl (C=O) groups excluding carboxylic acids is 2. The molecule has 1 aromatic carbocycles. The van der Waals surface area contributed by atoms with Gasteiger partial charge in [-0.05, 0) is 12.0 Å². The number of ether oxygens (including phenoxy) is 1. The molecule has 2 aliphatic rings. The second-order valence-electron chi connectivity index (χ2n) is 5.50. The minimum Gasteiger partial charge on any atom is -0.444 e. The first kappa shape index (κ1) is 14.4. The Labute approximate surface area is 129 Å². The molecule has 3 rings (SSSR count). The predicted octanol–water partition coefficient (Wildman–Crippen LogP) is 2.42. The lowest BCUT2D eigenvalue weighted by atomic mass is 9.92. The number of fused-ring (bicyclic) bond motifs is 1. The Morgan fingerprint density at radius 2 is 2.18 bits per heavy atom. The largest absolute Gasteiger partial charge is 0.444 e. The summed E-state index contributed by atoms with van der Waals surface area (Å²) in [6.45, 7) is 4.40. The number of rotatable bonds is 4. The standard InChI is InChI=1S/C17H18N2O3/c1-2-6-13-14-9-19(10-15(14)18-16(13)20)17(21)22-11-12-7-4-3-5-8-12/h2-5,7-8,10,13-14H,1,6,9,11H2,(H,18,20)/t13-,14-/m1/s1. The molecule has 2 aliphatic heterocycles. The zero-order valence-electron chi connectivity index (χ0n) is 12.2. The van der Waals surface area contributed by atoms with E-state index in [0.717, 1.165) is 11.3 Å². The lowest BCUT2D eigenvalue weighted by Crippen LogP contribution is -2.30. The maximum atomic E-state index is 12.1. The van der Waals surface area contributed by atoms with Gasteiger partial charge in [0.15, 0.2) is 0 Å². The van der Waals surface area contributed by atoms with E-state index in [1.807, 2.05) is 30.3 Å². The second-order valence-corrected chi connectivity index (χ2v) is 5.50. The zero-order chi connectivity index (χ0) is 15.5. The molecule has 0 unspecified atom stereocenters. The van der Waals surface area contributed by atoms with E-state index in [9.17, 15) is 9.59 Å². The minimum atomic E-state index is -0.391. The maximum absolute atomic E-state index is 12.1. The molecule has 5 nitrogen and oxygen atoms in total. The molecule has 114 valence electrons. The first-order chi connectivity index (χ1) is 10.7. The van der Waals surface area contributed by atoms with Crippen LogP contribution in [0.25, 0.3) is 0 Å². The molecule has 1 aromatic rings. The summed E-state index contributed by atoms with van der Waals surface area (Å²) in [5.41, 5.74) is 1.74. The zero-order valence-corrected chi connectivity index (χ0v) is 12.2. The fourth-order valence-electron chi connectivity index (χ4n) is 2.89. The van der Waals surface area contributed by atoms with Crippen LogP contribution in [0.4, 0.5) is 4.79 Å². The van der Waals surface area contributed by atoms with E-state index >= 15 is 0 Å². The number of allylic oxidation sites excluding steroid dienone is 1. The fraction of sp³-hybridized carbons (Fsp3) is 0.294. The number of hydrogen-bond donors (Lipinski definition) is 1. The van der Waals surface area contributed by atoms with E-state index in [1.165, 1.54) is 4.90 Å². The molecule has 2 heterocycles. The summed E-state index contributed by atoms with van der Waals surface area (Å²) in [7, 11) is 0. The van der Waals surface area contributed by atoms with Crippen molar-refractivity contribution in [1.82, 2.24) is 10.2 Å². The van der Waals surface area contributed by atoms with Crippen molar-refractivity contribution in [2.24, 2.45) is 11.8 Å². The third-order valence-electron chi connectivity index (χ3n) is 4.04. The fourth-order valence-corrected chi connectivity index (χ4v) is 2.89. The van der Waals surface area contributed by atoms with Crippen LogP contribution >= 0.6 is 0 Å². The minimum absolute atomic E-state index is 0.00783. The van der Waals surface area contributed by atoms with Crippen molar-refractivity contribution < 1.29 is 14.3 Å². The van der Waals surface area contributed by atoms with Crippen LogP contribution in [0, 0.1) is 11.8 Å². The Bertz CT molecular complexity index is 624. The Hall–Kier alpha value is -2.56. The van der Waals surface area contributed by atoms with Crippen LogP contribution in [-0.2, 0) is 16.1 Å². The Kier molecular flexibility index (Phi) is 3.96. The molecule has 0 bridgehead atoms. The molecule has 1 fully saturated rings. The van der Waals surface area contributed by atoms with Crippen LogP contribution in [0.1, 0.15) is 12.0 Å². The SMILES string of the molecule is C=CC[C@H]1C(=O)NC2=CN(C(=O)OCc3ccccc3)C[C@@H]21. The Morgan fingerprint density at radius 3 is 2.91 bits per heavy atom. The predicted molar refractivity (Wildman–Crippen MR) is 81.4 cm³/mol. The molecule has 22 heavy (non-hydrogen) atoms. The van der Waals surface area contributed by atoms with Crippen molar-refractivity contribution >= 4 is 12.0 Å². The van der Waals surface area contributed by atoms with Crippen molar-refractivity contribution in [1.29, 1.82) is 0 Å². The van der Waals surface area contributed by atoms with E-state index in [0.29, 0.717) is 13.0 Å². The van der Waals surface area contributed by atoms with Crippen LogP contribution < -0.4 is 5.32 Å². The number of nitrogens with zero attached hydrogens (tertiary/aromatic N) is 1. The van der Waals surface area contributed by atoms with E-state index < -0.39 is 6.09 Å². The highest BCUT2D eigenvalue weighted by Gasteiger charge is 2.43. The van der Waals surface area contributed by atoms with Gasteiger partial charge in [-0.3, -0.25) is 9.69 Å². The summed E-state index contributed by atoms with van der Waals surface area (Å²) in [6, 6.07) is 9.54. The van der Waals surface area contributed by atoms with Crippen LogP contribution in [0.3, 0.4) is 0 Å². The van der Waals surface area contributed by atoms with Gasteiger partial charge in [0.1, 0.15) is 6.61 Å². The van der Waals surface area contributed by atoms with Crippen molar-refractivity contribution in [2.45, 2.75) is 13.0 Å². The van der Waals surface area contributed by atoms with Gasteiger partial charge in [-0.1, -0.05) is 36.4 Å². The molecule has 0 saturated carbocycles. The average Bonchev–Trinajstić information content (AvgIpc) is 3.05. The molecule has 2 amide bonds. The van der Waals surface area contributed by atoms with E-state index in [2.05, 4.69) is 11.9 Å². The van der Waals surface area contributed by atoms with E-state index in [4.69, 9.17) is 4.74 Å². The number of hydrogen-bond acceptors (Lipinski definition) is 3. The summed E-state index contributed by atoms with van der Waals surface area (Å²) >= 11 is 0. The molecule has 0 spiro atoms. The molecule has 1 saturated heterocycles. The number of nitrogens with one attached hydrogen (secondary N) is 1. The maximum Gasteiger partial charge on any atom is 0.414 e. The summed E-state index contributed by atoms with van der Waals surface area (Å²) in [5, 5.41) is 2.83. The summed E-state index contributed by atoms with van der Waals surface area (Å²) < 4.78 is 5.31. The highest BCUT2D eigenvalue weighted by Crippen LogP contribution is 2.35. The lowest BCUT2D eigenvalue weighted by molar-refractivity contribution is -0.122. The third kappa shape index (κ3) is 2.74. The second kappa shape index (κ2) is 6.05. The van der Waals surface area contributed by atoms with E-state index in [1.54, 1.807) is 12.3 Å². The normalized spacial score (nSPS) is 22.8. The van der Waals surface area contributed by atoms with Crippen LogP contribution in [-0.4, -0.2) is 23.4 Å². The molecular weight excluding hydrogens is 280 g/mol. The lowest BCUT2D eigenvalue weighted by Gasteiger charge is -2.18. The Balaban J connectivity index is 1.60. The summed E-state index contributed by atoms with van der Waals surface area (Å²) in [4.78, 5) is 25.5. The monoisotopic (exact) mass is 298 g/mol. The average molecular weight is 298 g/mol. The van der Waals surface area contributed by atoms with Gasteiger partial charge >= 0.3 is 6.09 Å². The van der Waals surface area contributed by atoms with Crippen LogP contribution in [0.2, 0.25) is 0 Å². The molecule has 0 aliphatic carbocycles. The molecule has 5 heteroatoms. The van der Waals surface area contributed by atoms with Crippen molar-refractivity contribution in [3.8, 4) is 0 Å². The van der Waals surface area contributed by atoms with E-state index in [-0.39, 0.29) is 24.3 Å².